The maximum Gasteiger partial charge on any atom is 0.123 e. The van der Waals surface area contributed by atoms with Crippen molar-refractivity contribution in [3.05, 3.63) is 35.6 Å². The quantitative estimate of drug-likeness (QED) is 0.744. The molecular formula is C13H19FN2. The second-order valence-corrected chi connectivity index (χ2v) is 4.45. The Morgan fingerprint density at radius 3 is 3.12 bits per heavy atom. The van der Waals surface area contributed by atoms with Gasteiger partial charge in [0.05, 0.1) is 0 Å². The number of hydrogen-bond donors (Lipinski definition) is 2. The van der Waals surface area contributed by atoms with Gasteiger partial charge in [-0.15, -0.1) is 0 Å². The van der Waals surface area contributed by atoms with E-state index in [0.717, 1.165) is 37.7 Å². The summed E-state index contributed by atoms with van der Waals surface area (Å²) >= 11 is 0. The van der Waals surface area contributed by atoms with Crippen LogP contribution >= 0.6 is 0 Å². The molecule has 1 atom stereocenters. The van der Waals surface area contributed by atoms with E-state index in [4.69, 9.17) is 0 Å². The van der Waals surface area contributed by atoms with Crippen LogP contribution in [0.3, 0.4) is 0 Å². The minimum absolute atomic E-state index is 0.153. The van der Waals surface area contributed by atoms with Crippen molar-refractivity contribution in [1.29, 1.82) is 0 Å². The summed E-state index contributed by atoms with van der Waals surface area (Å²) in [5, 5.41) is 6.72. The number of nitrogens with one attached hydrogen (secondary N) is 2. The minimum Gasteiger partial charge on any atom is -0.316 e. The topological polar surface area (TPSA) is 24.1 Å². The molecule has 0 bridgehead atoms. The molecule has 2 N–H and O–H groups in total. The fourth-order valence-corrected chi connectivity index (χ4v) is 2.15. The summed E-state index contributed by atoms with van der Waals surface area (Å²) in [6, 6.07) is 6.78. The van der Waals surface area contributed by atoms with Gasteiger partial charge in [0.2, 0.25) is 0 Å². The van der Waals surface area contributed by atoms with E-state index >= 15 is 0 Å². The molecule has 16 heavy (non-hydrogen) atoms. The second-order valence-electron chi connectivity index (χ2n) is 4.45. The van der Waals surface area contributed by atoms with Crippen LogP contribution in [-0.4, -0.2) is 19.6 Å². The van der Waals surface area contributed by atoms with Crippen LogP contribution in [-0.2, 0) is 6.54 Å². The van der Waals surface area contributed by atoms with E-state index in [1.807, 2.05) is 6.07 Å². The van der Waals surface area contributed by atoms with Crippen LogP contribution in [0.4, 0.5) is 4.39 Å². The second kappa shape index (κ2) is 5.97. The van der Waals surface area contributed by atoms with Crippen LogP contribution in [0.15, 0.2) is 24.3 Å². The first-order valence-corrected chi connectivity index (χ1v) is 6.00. The predicted octanol–water partition coefficient (Wildman–Crippen LogP) is 1.91. The lowest BCUT2D eigenvalue weighted by atomic mass is 10.1. The van der Waals surface area contributed by atoms with E-state index in [0.29, 0.717) is 0 Å². The summed E-state index contributed by atoms with van der Waals surface area (Å²) in [6.45, 7) is 4.09. The molecule has 0 aromatic heterocycles. The molecule has 1 aromatic carbocycles. The molecule has 2 rings (SSSR count). The fourth-order valence-electron chi connectivity index (χ4n) is 2.15. The van der Waals surface area contributed by atoms with E-state index in [9.17, 15) is 4.39 Å². The van der Waals surface area contributed by atoms with Crippen LogP contribution in [0.2, 0.25) is 0 Å². The Balaban J connectivity index is 1.64. The molecule has 1 aliphatic heterocycles. The first-order chi connectivity index (χ1) is 7.84. The molecule has 1 unspecified atom stereocenters. The first kappa shape index (κ1) is 11.6. The largest absolute Gasteiger partial charge is 0.316 e. The minimum atomic E-state index is -0.153. The van der Waals surface area contributed by atoms with Gasteiger partial charge in [0, 0.05) is 6.54 Å². The van der Waals surface area contributed by atoms with Gasteiger partial charge in [-0.25, -0.2) is 4.39 Å². The summed E-state index contributed by atoms with van der Waals surface area (Å²) in [5.74, 6) is 0.666. The maximum absolute atomic E-state index is 12.9. The van der Waals surface area contributed by atoms with E-state index in [2.05, 4.69) is 10.6 Å². The fraction of sp³-hybridized carbons (Fsp3) is 0.538. The Morgan fingerprint density at radius 1 is 1.44 bits per heavy atom. The zero-order chi connectivity index (χ0) is 11.2. The van der Waals surface area contributed by atoms with E-state index in [1.165, 1.54) is 18.9 Å². The third-order valence-electron chi connectivity index (χ3n) is 3.11. The highest BCUT2D eigenvalue weighted by molar-refractivity contribution is 5.15. The molecule has 88 valence electrons. The van der Waals surface area contributed by atoms with Crippen LogP contribution in [0.5, 0.6) is 0 Å². The van der Waals surface area contributed by atoms with Gasteiger partial charge < -0.3 is 10.6 Å². The van der Waals surface area contributed by atoms with Crippen LogP contribution < -0.4 is 10.6 Å². The van der Waals surface area contributed by atoms with E-state index in [1.54, 1.807) is 12.1 Å². The average molecular weight is 222 g/mol. The summed E-state index contributed by atoms with van der Waals surface area (Å²) < 4.78 is 12.9. The lowest BCUT2D eigenvalue weighted by Crippen LogP contribution is -2.19. The molecule has 1 fully saturated rings. The van der Waals surface area contributed by atoms with Crippen molar-refractivity contribution >= 4 is 0 Å². The normalized spacial score (nSPS) is 20.2. The van der Waals surface area contributed by atoms with Gasteiger partial charge in [-0.2, -0.15) is 0 Å². The molecule has 0 aliphatic carbocycles. The summed E-state index contributed by atoms with van der Waals surface area (Å²) in [4.78, 5) is 0. The zero-order valence-electron chi connectivity index (χ0n) is 9.51. The van der Waals surface area contributed by atoms with Crippen molar-refractivity contribution in [2.45, 2.75) is 19.4 Å². The van der Waals surface area contributed by atoms with E-state index in [-0.39, 0.29) is 5.82 Å². The molecule has 0 radical (unpaired) electrons. The Morgan fingerprint density at radius 2 is 2.38 bits per heavy atom. The highest BCUT2D eigenvalue weighted by atomic mass is 19.1. The summed E-state index contributed by atoms with van der Waals surface area (Å²) in [5.41, 5.74) is 1.02. The molecule has 1 heterocycles. The molecule has 1 aromatic rings. The predicted molar refractivity (Wildman–Crippen MR) is 63.7 cm³/mol. The van der Waals surface area contributed by atoms with Crippen molar-refractivity contribution in [2.24, 2.45) is 5.92 Å². The number of halogens is 1. The van der Waals surface area contributed by atoms with Crippen molar-refractivity contribution in [3.63, 3.8) is 0 Å². The van der Waals surface area contributed by atoms with Crippen LogP contribution in [0.25, 0.3) is 0 Å². The number of rotatable bonds is 5. The highest BCUT2D eigenvalue weighted by Gasteiger charge is 2.13. The molecule has 0 spiro atoms. The molecule has 1 aliphatic rings. The smallest absolute Gasteiger partial charge is 0.123 e. The number of hydrogen-bond acceptors (Lipinski definition) is 2. The van der Waals surface area contributed by atoms with Crippen molar-refractivity contribution in [2.75, 3.05) is 19.6 Å². The Bertz CT molecular complexity index is 321. The van der Waals surface area contributed by atoms with Gasteiger partial charge in [-0.3, -0.25) is 0 Å². The molecule has 0 amide bonds. The monoisotopic (exact) mass is 222 g/mol. The van der Waals surface area contributed by atoms with Gasteiger partial charge in [0.15, 0.2) is 0 Å². The summed E-state index contributed by atoms with van der Waals surface area (Å²) in [6.07, 6.45) is 2.50. The van der Waals surface area contributed by atoms with Crippen molar-refractivity contribution in [1.82, 2.24) is 10.6 Å². The van der Waals surface area contributed by atoms with Crippen LogP contribution in [0, 0.1) is 11.7 Å². The Kier molecular flexibility index (Phi) is 4.31. The van der Waals surface area contributed by atoms with Gasteiger partial charge in [-0.1, -0.05) is 12.1 Å². The first-order valence-electron chi connectivity index (χ1n) is 6.00. The maximum atomic E-state index is 12.9. The molecule has 2 nitrogen and oxygen atoms in total. The average Bonchev–Trinajstić information content (AvgIpc) is 2.77. The molecule has 0 saturated carbocycles. The lowest BCUT2D eigenvalue weighted by molar-refractivity contribution is 0.499. The Hall–Kier alpha value is -0.930. The van der Waals surface area contributed by atoms with Gasteiger partial charge >= 0.3 is 0 Å². The summed E-state index contributed by atoms with van der Waals surface area (Å²) in [7, 11) is 0. The third kappa shape index (κ3) is 3.58. The van der Waals surface area contributed by atoms with Crippen molar-refractivity contribution in [3.8, 4) is 0 Å². The lowest BCUT2D eigenvalue weighted by Gasteiger charge is -2.09. The zero-order valence-corrected chi connectivity index (χ0v) is 9.51. The van der Waals surface area contributed by atoms with Crippen molar-refractivity contribution < 1.29 is 4.39 Å². The molecular weight excluding hydrogens is 203 g/mol. The SMILES string of the molecule is Fc1cccc(CNCCC2CCNC2)c1. The van der Waals surface area contributed by atoms with Crippen LogP contribution in [0.1, 0.15) is 18.4 Å². The third-order valence-corrected chi connectivity index (χ3v) is 3.11. The van der Waals surface area contributed by atoms with Gasteiger partial charge in [0.1, 0.15) is 5.82 Å². The van der Waals surface area contributed by atoms with Gasteiger partial charge in [0.25, 0.3) is 0 Å². The van der Waals surface area contributed by atoms with Gasteiger partial charge in [-0.05, 0) is 56.1 Å². The highest BCUT2D eigenvalue weighted by Crippen LogP contribution is 2.11. The molecule has 3 heteroatoms. The number of benzene rings is 1. The molecule has 1 saturated heterocycles. The van der Waals surface area contributed by atoms with E-state index < -0.39 is 0 Å². The standard InChI is InChI=1S/C13H19FN2/c14-13-3-1-2-12(8-13)10-16-7-5-11-4-6-15-9-11/h1-3,8,11,15-16H,4-7,9-10H2. The Labute approximate surface area is 96.2 Å².